The van der Waals surface area contributed by atoms with Crippen LogP contribution in [-0.4, -0.2) is 24.8 Å². The van der Waals surface area contributed by atoms with Crippen LogP contribution in [0.25, 0.3) is 0 Å². The third-order valence-electron chi connectivity index (χ3n) is 1.86. The van der Waals surface area contributed by atoms with Crippen LogP contribution >= 0.6 is 0 Å². The molecule has 1 heterocycles. The number of ketones is 1. The van der Waals surface area contributed by atoms with Gasteiger partial charge in [0.05, 0.1) is 6.54 Å². The number of nitrogens with two attached hydrogens (primary N) is 1. The normalized spacial score (nSPS) is 23.4. The van der Waals surface area contributed by atoms with E-state index >= 15 is 0 Å². The number of hydrogen-bond acceptors (Lipinski definition) is 3. The van der Waals surface area contributed by atoms with Gasteiger partial charge in [-0.3, -0.25) is 9.59 Å². The minimum Gasteiger partial charge on any atom is -0.356 e. The highest BCUT2D eigenvalue weighted by molar-refractivity contribution is 5.88. The number of carbonyl (C=O) groups excluding carboxylic acids is 2. The van der Waals surface area contributed by atoms with Crippen molar-refractivity contribution in [1.82, 2.24) is 5.32 Å². The lowest BCUT2D eigenvalue weighted by atomic mass is 10.0. The second-order valence-electron chi connectivity index (χ2n) is 2.72. The molecule has 4 heteroatoms. The van der Waals surface area contributed by atoms with Crippen molar-refractivity contribution < 1.29 is 9.59 Å². The molecule has 0 radical (unpaired) electrons. The first-order chi connectivity index (χ1) is 5.24. The fourth-order valence-corrected chi connectivity index (χ4v) is 1.20. The maximum atomic E-state index is 10.9. The van der Waals surface area contributed by atoms with E-state index in [-0.39, 0.29) is 24.2 Å². The monoisotopic (exact) mass is 156 g/mol. The van der Waals surface area contributed by atoms with Gasteiger partial charge < -0.3 is 11.1 Å². The first kappa shape index (κ1) is 8.20. The van der Waals surface area contributed by atoms with Crippen LogP contribution in [0.1, 0.15) is 12.8 Å². The van der Waals surface area contributed by atoms with Crippen LogP contribution < -0.4 is 11.1 Å². The van der Waals surface area contributed by atoms with Crippen LogP contribution in [0, 0.1) is 5.92 Å². The fraction of sp³-hybridized carbons (Fsp3) is 0.714. The summed E-state index contributed by atoms with van der Waals surface area (Å²) in [6, 6.07) is 0. The number of hydrogen-bond donors (Lipinski definition) is 2. The molecule has 0 saturated carbocycles. The van der Waals surface area contributed by atoms with E-state index in [0.717, 1.165) is 6.42 Å². The van der Waals surface area contributed by atoms with Crippen LogP contribution in [0.4, 0.5) is 0 Å². The highest BCUT2D eigenvalue weighted by Crippen LogP contribution is 2.13. The van der Waals surface area contributed by atoms with E-state index in [4.69, 9.17) is 5.73 Å². The predicted octanol–water partition coefficient (Wildman–Crippen LogP) is -0.960. The van der Waals surface area contributed by atoms with E-state index in [1.165, 1.54) is 0 Å². The van der Waals surface area contributed by atoms with Crippen molar-refractivity contribution in [2.75, 3.05) is 13.1 Å². The Balaban J connectivity index is 2.36. The molecule has 1 rings (SSSR count). The van der Waals surface area contributed by atoms with Gasteiger partial charge >= 0.3 is 0 Å². The lowest BCUT2D eigenvalue weighted by Crippen LogP contribution is -2.23. The van der Waals surface area contributed by atoms with Gasteiger partial charge in [-0.15, -0.1) is 0 Å². The minimum absolute atomic E-state index is 0.00759. The molecule has 1 unspecified atom stereocenters. The van der Waals surface area contributed by atoms with Gasteiger partial charge in [0, 0.05) is 18.9 Å². The lowest BCUT2D eigenvalue weighted by Gasteiger charge is -2.02. The molecule has 1 aliphatic rings. The second kappa shape index (κ2) is 3.48. The zero-order valence-electron chi connectivity index (χ0n) is 6.30. The maximum absolute atomic E-state index is 10.9. The Kier molecular flexibility index (Phi) is 2.59. The molecule has 4 nitrogen and oxygen atoms in total. The summed E-state index contributed by atoms with van der Waals surface area (Å²) in [7, 11) is 0. The number of amides is 1. The van der Waals surface area contributed by atoms with Crippen molar-refractivity contribution in [3.05, 3.63) is 0 Å². The smallest absolute Gasteiger partial charge is 0.223 e. The maximum Gasteiger partial charge on any atom is 0.223 e. The molecular weight excluding hydrogens is 144 g/mol. The number of Topliss-reactive ketones (excluding diaryl/α,β-unsaturated/α-hetero) is 1. The van der Waals surface area contributed by atoms with Crippen LogP contribution in [0.3, 0.4) is 0 Å². The Bertz CT molecular complexity index is 179. The molecule has 1 amide bonds. The zero-order valence-corrected chi connectivity index (χ0v) is 6.30. The summed E-state index contributed by atoms with van der Waals surface area (Å²) in [5.74, 6) is -0.162. The first-order valence-corrected chi connectivity index (χ1v) is 3.73. The van der Waals surface area contributed by atoms with Crippen LogP contribution in [0.15, 0.2) is 0 Å². The molecule has 0 aromatic rings. The summed E-state index contributed by atoms with van der Waals surface area (Å²) in [6.45, 7) is 0.741. The third-order valence-corrected chi connectivity index (χ3v) is 1.86. The van der Waals surface area contributed by atoms with Gasteiger partial charge in [0.1, 0.15) is 5.78 Å². The summed E-state index contributed by atoms with van der Waals surface area (Å²) in [5.41, 5.74) is 5.11. The Hall–Kier alpha value is -0.900. The Morgan fingerprint density at radius 2 is 2.45 bits per heavy atom. The lowest BCUT2D eigenvalue weighted by molar-refractivity contribution is -0.126. The van der Waals surface area contributed by atoms with E-state index in [0.29, 0.717) is 13.0 Å². The van der Waals surface area contributed by atoms with Crippen molar-refractivity contribution in [1.29, 1.82) is 0 Å². The molecular formula is C7H12N2O2. The van der Waals surface area contributed by atoms with Gasteiger partial charge in [-0.25, -0.2) is 0 Å². The molecule has 3 N–H and O–H groups in total. The number of nitrogens with one attached hydrogen (secondary N) is 1. The van der Waals surface area contributed by atoms with E-state index < -0.39 is 0 Å². The topological polar surface area (TPSA) is 72.2 Å². The molecule has 62 valence electrons. The predicted molar refractivity (Wildman–Crippen MR) is 39.8 cm³/mol. The summed E-state index contributed by atoms with van der Waals surface area (Å²) >= 11 is 0. The highest BCUT2D eigenvalue weighted by atomic mass is 16.2. The van der Waals surface area contributed by atoms with Gasteiger partial charge in [0.25, 0.3) is 0 Å². The molecule has 0 aromatic heterocycles. The quantitative estimate of drug-likeness (QED) is 0.552. The molecule has 1 atom stereocenters. The van der Waals surface area contributed by atoms with Crippen molar-refractivity contribution >= 4 is 11.7 Å². The van der Waals surface area contributed by atoms with E-state index in [9.17, 15) is 9.59 Å². The summed E-state index contributed by atoms with van der Waals surface area (Å²) in [6.07, 6.45) is 1.08. The Labute approximate surface area is 65.1 Å². The fourth-order valence-electron chi connectivity index (χ4n) is 1.20. The van der Waals surface area contributed by atoms with Crippen molar-refractivity contribution in [3.8, 4) is 0 Å². The minimum atomic E-state index is -0.119. The SMILES string of the molecule is NCC(=O)CC1CCNC1=O. The zero-order chi connectivity index (χ0) is 8.27. The van der Waals surface area contributed by atoms with Crippen molar-refractivity contribution in [3.63, 3.8) is 0 Å². The van der Waals surface area contributed by atoms with Gasteiger partial charge in [0.15, 0.2) is 0 Å². The Morgan fingerprint density at radius 1 is 1.73 bits per heavy atom. The van der Waals surface area contributed by atoms with Crippen LogP contribution in [0.5, 0.6) is 0 Å². The Morgan fingerprint density at radius 3 is 2.91 bits per heavy atom. The largest absolute Gasteiger partial charge is 0.356 e. The van der Waals surface area contributed by atoms with Crippen LogP contribution in [0.2, 0.25) is 0 Å². The molecule has 1 fully saturated rings. The van der Waals surface area contributed by atoms with Crippen molar-refractivity contribution in [2.45, 2.75) is 12.8 Å². The molecule has 0 bridgehead atoms. The van der Waals surface area contributed by atoms with Crippen molar-refractivity contribution in [2.24, 2.45) is 11.7 Å². The third kappa shape index (κ3) is 2.01. The summed E-state index contributed by atoms with van der Waals surface area (Å²) in [5, 5.41) is 2.67. The molecule has 11 heavy (non-hydrogen) atoms. The molecule has 1 aliphatic heterocycles. The molecule has 0 spiro atoms. The number of carbonyl (C=O) groups is 2. The molecule has 0 aliphatic carbocycles. The van der Waals surface area contributed by atoms with Gasteiger partial charge in [-0.2, -0.15) is 0 Å². The average molecular weight is 156 g/mol. The van der Waals surface area contributed by atoms with E-state index in [2.05, 4.69) is 5.32 Å². The van der Waals surface area contributed by atoms with Gasteiger partial charge in [0.2, 0.25) is 5.91 Å². The molecule has 0 aromatic carbocycles. The molecule has 1 saturated heterocycles. The van der Waals surface area contributed by atoms with E-state index in [1.807, 2.05) is 0 Å². The van der Waals surface area contributed by atoms with Crippen LogP contribution in [-0.2, 0) is 9.59 Å². The number of rotatable bonds is 3. The average Bonchev–Trinajstić information content (AvgIpc) is 2.37. The van der Waals surface area contributed by atoms with E-state index in [1.54, 1.807) is 0 Å². The highest BCUT2D eigenvalue weighted by Gasteiger charge is 2.25. The first-order valence-electron chi connectivity index (χ1n) is 3.73. The summed E-state index contributed by atoms with van der Waals surface area (Å²) < 4.78 is 0. The standard InChI is InChI=1S/C7H12N2O2/c8-4-6(10)3-5-1-2-9-7(5)11/h5H,1-4,8H2,(H,9,11). The summed E-state index contributed by atoms with van der Waals surface area (Å²) in [4.78, 5) is 21.7. The van der Waals surface area contributed by atoms with Gasteiger partial charge in [-0.1, -0.05) is 0 Å². The second-order valence-corrected chi connectivity index (χ2v) is 2.72. The van der Waals surface area contributed by atoms with Gasteiger partial charge in [-0.05, 0) is 6.42 Å².